The minimum absolute atomic E-state index is 0.411. The zero-order valence-corrected chi connectivity index (χ0v) is 16.3. The predicted molar refractivity (Wildman–Crippen MR) is 102 cm³/mol. The molecule has 0 aliphatic carbocycles. The van der Waals surface area contributed by atoms with Crippen LogP contribution < -0.4 is 0 Å². The molecule has 0 radical (unpaired) electrons. The van der Waals surface area contributed by atoms with E-state index in [-0.39, 0.29) is 0 Å². The topological polar surface area (TPSA) is 59.0 Å². The van der Waals surface area contributed by atoms with Crippen LogP contribution >= 0.6 is 0 Å². The van der Waals surface area contributed by atoms with E-state index in [1.54, 1.807) is 31.4 Å². The Balaban J connectivity index is 1.89. The molecule has 0 bridgehead atoms. The zero-order chi connectivity index (χ0) is 18.3. The van der Waals surface area contributed by atoms with Crippen LogP contribution in [0.3, 0.4) is 0 Å². The van der Waals surface area contributed by atoms with Crippen molar-refractivity contribution in [3.8, 4) is 0 Å². The van der Waals surface area contributed by atoms with Gasteiger partial charge in [0.2, 0.25) is 0 Å². The van der Waals surface area contributed by atoms with Gasteiger partial charge >= 0.3 is 0 Å². The summed E-state index contributed by atoms with van der Waals surface area (Å²) in [4.78, 5) is 7.58. The first-order valence-corrected chi connectivity index (χ1v) is 10.4. The molecule has 1 aliphatic heterocycles. The number of hydrogen-bond donors (Lipinski definition) is 0. The minimum Gasteiger partial charge on any atom is -0.399 e. The molecule has 6 heteroatoms. The molecule has 1 heterocycles. The molecule has 1 aromatic carbocycles. The average molecular weight is 367 g/mol. The maximum Gasteiger partial charge on any atom is 0.183 e. The van der Waals surface area contributed by atoms with Gasteiger partial charge in [-0.3, -0.25) is 0 Å². The van der Waals surface area contributed by atoms with Gasteiger partial charge in [-0.1, -0.05) is 23.4 Å². The quantitative estimate of drug-likeness (QED) is 0.523. The molecule has 2 rings (SSSR count). The van der Waals surface area contributed by atoms with E-state index < -0.39 is 14.6 Å². The molecule has 5 nitrogen and oxygen atoms in total. The lowest BCUT2D eigenvalue weighted by atomic mass is 9.98. The lowest BCUT2D eigenvalue weighted by molar-refractivity contribution is 0.189. The van der Waals surface area contributed by atoms with Crippen LogP contribution in [0.25, 0.3) is 0 Å². The van der Waals surface area contributed by atoms with E-state index in [2.05, 4.69) is 10.1 Å². The van der Waals surface area contributed by atoms with Crippen LogP contribution in [0.1, 0.15) is 39.5 Å². The Morgan fingerprint density at radius 2 is 2.04 bits per heavy atom. The summed E-state index contributed by atoms with van der Waals surface area (Å²) >= 11 is 0. The van der Waals surface area contributed by atoms with E-state index in [1.165, 1.54) is 0 Å². The fraction of sp³-hybridized carbons (Fsp3) is 0.632. The summed E-state index contributed by atoms with van der Waals surface area (Å²) in [5.74, 6) is 0.426. The number of piperidine rings is 1. The molecule has 1 saturated heterocycles. The lowest BCUT2D eigenvalue weighted by Gasteiger charge is -2.32. The van der Waals surface area contributed by atoms with Crippen LogP contribution in [0.4, 0.5) is 0 Å². The van der Waals surface area contributed by atoms with Gasteiger partial charge in [-0.05, 0) is 64.8 Å². The highest BCUT2D eigenvalue weighted by atomic mass is 32.2. The van der Waals surface area contributed by atoms with Crippen molar-refractivity contribution in [2.24, 2.45) is 11.1 Å². The second-order valence-electron chi connectivity index (χ2n) is 7.32. The number of oxime groups is 1. The molecule has 1 fully saturated rings. The third kappa shape index (κ3) is 5.28. The van der Waals surface area contributed by atoms with E-state index in [0.29, 0.717) is 17.2 Å². The van der Waals surface area contributed by atoms with E-state index >= 15 is 0 Å². The van der Waals surface area contributed by atoms with Crippen LogP contribution in [0.15, 0.2) is 40.4 Å². The summed E-state index contributed by atoms with van der Waals surface area (Å²) in [6.07, 6.45) is 5.68. The smallest absolute Gasteiger partial charge is 0.183 e. The van der Waals surface area contributed by atoms with Crippen molar-refractivity contribution in [1.29, 1.82) is 0 Å². The number of nitrogens with zero attached hydrogens (tertiary/aromatic N) is 2. The molecule has 0 amide bonds. The van der Waals surface area contributed by atoms with Crippen molar-refractivity contribution >= 4 is 16.1 Å². The largest absolute Gasteiger partial charge is 0.399 e. The number of sulfone groups is 1. The van der Waals surface area contributed by atoms with Gasteiger partial charge in [-0.25, -0.2) is 8.42 Å². The SMILES string of the molecule is CON=CC1CCCN(CCCC(C)(C)S(=O)(=O)c2ccccc2)C1. The molecule has 1 aliphatic rings. The van der Waals surface area contributed by atoms with Crippen LogP contribution in [-0.4, -0.2) is 51.0 Å². The van der Waals surface area contributed by atoms with E-state index in [9.17, 15) is 8.42 Å². The first kappa shape index (κ1) is 19.9. The molecular weight excluding hydrogens is 336 g/mol. The second kappa shape index (κ2) is 8.81. The number of likely N-dealkylation sites (tertiary alicyclic amines) is 1. The molecule has 1 aromatic rings. The fourth-order valence-corrected chi connectivity index (χ4v) is 4.91. The van der Waals surface area contributed by atoms with Crippen molar-refractivity contribution in [2.45, 2.75) is 49.2 Å². The molecule has 0 spiro atoms. The Morgan fingerprint density at radius 3 is 2.72 bits per heavy atom. The standard InChI is InChI=1S/C19H30N2O3S/c1-19(2,25(22,23)18-10-5-4-6-11-18)12-8-14-21-13-7-9-17(16-21)15-20-24-3/h4-6,10-11,15,17H,7-9,12-14,16H2,1-3H3. The fourth-order valence-electron chi connectivity index (χ4n) is 3.34. The van der Waals surface area contributed by atoms with E-state index in [1.807, 2.05) is 26.1 Å². The first-order valence-electron chi connectivity index (χ1n) is 8.95. The molecular formula is C19H30N2O3S. The Morgan fingerprint density at radius 1 is 1.32 bits per heavy atom. The van der Waals surface area contributed by atoms with Gasteiger partial charge < -0.3 is 9.74 Å². The highest BCUT2D eigenvalue weighted by molar-refractivity contribution is 7.92. The van der Waals surface area contributed by atoms with Gasteiger partial charge in [0.15, 0.2) is 9.84 Å². The Hall–Kier alpha value is -1.40. The van der Waals surface area contributed by atoms with E-state index in [0.717, 1.165) is 38.9 Å². The number of rotatable bonds is 8. The molecule has 1 atom stereocenters. The average Bonchev–Trinajstić information content (AvgIpc) is 2.61. The van der Waals surface area contributed by atoms with Crippen molar-refractivity contribution < 1.29 is 13.3 Å². The van der Waals surface area contributed by atoms with Crippen LogP contribution in [0.5, 0.6) is 0 Å². The monoisotopic (exact) mass is 366 g/mol. The summed E-state index contributed by atoms with van der Waals surface area (Å²) in [6.45, 7) is 6.63. The van der Waals surface area contributed by atoms with Gasteiger partial charge in [0.05, 0.1) is 9.64 Å². The highest BCUT2D eigenvalue weighted by Crippen LogP contribution is 2.29. The van der Waals surface area contributed by atoms with Gasteiger partial charge in [-0.2, -0.15) is 0 Å². The Bertz CT molecular complexity index is 657. The van der Waals surface area contributed by atoms with Crippen LogP contribution in [0.2, 0.25) is 0 Å². The predicted octanol–water partition coefficient (Wildman–Crippen LogP) is 3.36. The summed E-state index contributed by atoms with van der Waals surface area (Å²) in [5.41, 5.74) is 0. The normalized spacial score (nSPS) is 20.0. The number of benzene rings is 1. The second-order valence-corrected chi connectivity index (χ2v) is 9.90. The van der Waals surface area contributed by atoms with E-state index in [4.69, 9.17) is 4.84 Å². The summed E-state index contributed by atoms with van der Waals surface area (Å²) < 4.78 is 25.0. The maximum absolute atomic E-state index is 12.9. The highest BCUT2D eigenvalue weighted by Gasteiger charge is 2.35. The van der Waals surface area contributed by atoms with Crippen molar-refractivity contribution in [3.63, 3.8) is 0 Å². The van der Waals surface area contributed by atoms with Crippen LogP contribution in [-0.2, 0) is 14.7 Å². The summed E-state index contributed by atoms with van der Waals surface area (Å²) in [5, 5.41) is 3.88. The summed E-state index contributed by atoms with van der Waals surface area (Å²) in [7, 11) is -1.76. The van der Waals surface area contributed by atoms with Crippen LogP contribution in [0, 0.1) is 5.92 Å². The molecule has 0 aromatic heterocycles. The van der Waals surface area contributed by atoms with Crippen molar-refractivity contribution in [1.82, 2.24) is 4.90 Å². The van der Waals surface area contributed by atoms with Crippen molar-refractivity contribution in [3.05, 3.63) is 30.3 Å². The summed E-state index contributed by atoms with van der Waals surface area (Å²) in [6, 6.07) is 8.76. The molecule has 1 unspecified atom stereocenters. The number of hydrogen-bond acceptors (Lipinski definition) is 5. The molecule has 0 saturated carbocycles. The maximum atomic E-state index is 12.9. The first-order chi connectivity index (χ1) is 11.9. The third-order valence-electron chi connectivity index (χ3n) is 4.95. The van der Waals surface area contributed by atoms with Gasteiger partial charge in [0.25, 0.3) is 0 Å². The molecule has 140 valence electrons. The molecule has 25 heavy (non-hydrogen) atoms. The Labute approximate surface area is 152 Å². The zero-order valence-electron chi connectivity index (χ0n) is 15.5. The molecule has 0 N–H and O–H groups in total. The van der Waals surface area contributed by atoms with Gasteiger partial charge in [-0.15, -0.1) is 0 Å². The van der Waals surface area contributed by atoms with Gasteiger partial charge in [0, 0.05) is 18.7 Å². The van der Waals surface area contributed by atoms with Gasteiger partial charge in [0.1, 0.15) is 7.11 Å². The lowest BCUT2D eigenvalue weighted by Crippen LogP contribution is -2.38. The minimum atomic E-state index is -3.32. The van der Waals surface area contributed by atoms with Crippen molar-refractivity contribution in [2.75, 3.05) is 26.7 Å². The Kier molecular flexibility index (Phi) is 7.02. The third-order valence-corrected chi connectivity index (χ3v) is 7.51.